The molecule has 10 nitrogen and oxygen atoms in total. The predicted molar refractivity (Wildman–Crippen MR) is 139 cm³/mol. The molecule has 41 heavy (non-hydrogen) atoms. The number of benzene rings is 2. The third-order valence-corrected chi connectivity index (χ3v) is 6.72. The van der Waals surface area contributed by atoms with E-state index in [9.17, 15) is 32.3 Å². The van der Waals surface area contributed by atoms with Gasteiger partial charge in [-0.1, -0.05) is 11.6 Å². The molecule has 0 bridgehead atoms. The number of hydrogen-bond acceptors (Lipinski definition) is 7. The quantitative estimate of drug-likeness (QED) is 0.351. The molecule has 2 heterocycles. The zero-order chi connectivity index (χ0) is 30.3. The number of ether oxygens (including phenoxy) is 1. The first-order valence-electron chi connectivity index (χ1n) is 12.4. The number of nitrogens with zero attached hydrogens (tertiary/aromatic N) is 2. The summed E-state index contributed by atoms with van der Waals surface area (Å²) in [6, 6.07) is 10.6. The third-order valence-electron chi connectivity index (χ3n) is 6.47. The number of β-amino-alcohol motifs (C(OH)–C–C–N with tert-alkyl or cyclic N) is 1. The lowest BCUT2D eigenvalue weighted by atomic mass is 10.0. The molecule has 4 rings (SSSR count). The molecule has 1 unspecified atom stereocenters. The molecule has 2 aromatic carbocycles. The Labute approximate surface area is 237 Å². The molecule has 2 fully saturated rings. The smallest absolute Gasteiger partial charge is 0.480 e. The number of alkyl halides is 3. The number of carboxylic acid groups (broad SMARTS) is 2. The lowest BCUT2D eigenvalue weighted by Crippen LogP contribution is -2.50. The van der Waals surface area contributed by atoms with Crippen LogP contribution in [0.25, 0.3) is 0 Å². The van der Waals surface area contributed by atoms with E-state index in [2.05, 4.69) is 5.32 Å². The van der Waals surface area contributed by atoms with Crippen molar-refractivity contribution < 1.29 is 52.0 Å². The van der Waals surface area contributed by atoms with E-state index in [4.69, 9.17) is 31.3 Å². The average molecular weight is 606 g/mol. The SMILES string of the molecule is O=C(O)C(F)(F)F.O=C(O)COc1ccc(F)cc1N1CC(NC2CCN(C(=O)c3ccc(Cl)cc3)CC2)[C@H](O)C1. The average Bonchev–Trinajstić information content (AvgIpc) is 3.27. The third kappa shape index (κ3) is 9.20. The van der Waals surface area contributed by atoms with Gasteiger partial charge in [0.1, 0.15) is 11.6 Å². The Hall–Kier alpha value is -3.62. The van der Waals surface area contributed by atoms with E-state index in [1.807, 2.05) is 4.90 Å². The largest absolute Gasteiger partial charge is 0.490 e. The highest BCUT2D eigenvalue weighted by atomic mass is 35.5. The van der Waals surface area contributed by atoms with Crippen molar-refractivity contribution in [1.29, 1.82) is 0 Å². The summed E-state index contributed by atoms with van der Waals surface area (Å²) in [4.78, 5) is 36.1. The minimum atomic E-state index is -5.08. The predicted octanol–water partition coefficient (Wildman–Crippen LogP) is 3.02. The number of halogens is 5. The van der Waals surface area contributed by atoms with E-state index in [-0.39, 0.29) is 30.3 Å². The van der Waals surface area contributed by atoms with Crippen molar-refractivity contribution in [2.45, 2.75) is 37.2 Å². The van der Waals surface area contributed by atoms with Crippen molar-refractivity contribution in [3.8, 4) is 5.75 Å². The zero-order valence-corrected chi connectivity index (χ0v) is 22.2. The number of amides is 1. The van der Waals surface area contributed by atoms with Crippen molar-refractivity contribution in [2.75, 3.05) is 37.7 Å². The molecular weight excluding hydrogens is 578 g/mol. The van der Waals surface area contributed by atoms with Gasteiger partial charge in [0, 0.05) is 48.9 Å². The topological polar surface area (TPSA) is 140 Å². The molecule has 1 amide bonds. The monoisotopic (exact) mass is 605 g/mol. The summed E-state index contributed by atoms with van der Waals surface area (Å²) in [6.45, 7) is 1.34. The van der Waals surface area contributed by atoms with Crippen LogP contribution in [0.5, 0.6) is 5.75 Å². The van der Waals surface area contributed by atoms with Crippen molar-refractivity contribution in [1.82, 2.24) is 10.2 Å². The van der Waals surface area contributed by atoms with Gasteiger partial charge in [0.05, 0.1) is 17.8 Å². The second kappa shape index (κ2) is 13.8. The summed E-state index contributed by atoms with van der Waals surface area (Å²) in [5.41, 5.74) is 1.02. The number of aliphatic hydroxyl groups is 1. The van der Waals surface area contributed by atoms with Crippen LogP contribution in [-0.4, -0.2) is 95.2 Å². The Bertz CT molecular complexity index is 1220. The summed E-state index contributed by atoms with van der Waals surface area (Å²) in [5, 5.41) is 30.7. The van der Waals surface area contributed by atoms with Gasteiger partial charge in [-0.2, -0.15) is 13.2 Å². The van der Waals surface area contributed by atoms with Crippen LogP contribution < -0.4 is 15.0 Å². The molecule has 2 aromatic rings. The number of rotatable bonds is 7. The Morgan fingerprint density at radius 2 is 1.63 bits per heavy atom. The Kier molecular flexibility index (Phi) is 10.8. The van der Waals surface area contributed by atoms with Crippen LogP contribution in [0, 0.1) is 5.82 Å². The highest BCUT2D eigenvalue weighted by Gasteiger charge is 2.38. The van der Waals surface area contributed by atoms with Crippen molar-refractivity contribution in [3.63, 3.8) is 0 Å². The number of carbonyl (C=O) groups excluding carboxylic acids is 1. The van der Waals surface area contributed by atoms with Gasteiger partial charge in [0.2, 0.25) is 0 Å². The van der Waals surface area contributed by atoms with E-state index in [0.29, 0.717) is 35.9 Å². The van der Waals surface area contributed by atoms with E-state index in [0.717, 1.165) is 12.8 Å². The van der Waals surface area contributed by atoms with Gasteiger partial charge in [-0.25, -0.2) is 14.0 Å². The van der Waals surface area contributed by atoms with Crippen molar-refractivity contribution >= 4 is 35.1 Å². The number of aliphatic hydroxyl groups excluding tert-OH is 1. The number of likely N-dealkylation sites (tertiary alicyclic amines) is 1. The lowest BCUT2D eigenvalue weighted by molar-refractivity contribution is -0.192. The number of piperidine rings is 1. The van der Waals surface area contributed by atoms with Gasteiger partial charge < -0.3 is 35.2 Å². The molecule has 15 heteroatoms. The molecule has 0 spiro atoms. The lowest BCUT2D eigenvalue weighted by Gasteiger charge is -2.34. The van der Waals surface area contributed by atoms with Gasteiger partial charge in [-0.05, 0) is 49.2 Å². The van der Waals surface area contributed by atoms with Crippen LogP contribution in [0.2, 0.25) is 5.02 Å². The summed E-state index contributed by atoms with van der Waals surface area (Å²) in [6.07, 6.45) is -4.28. The number of carboxylic acids is 2. The Balaban J connectivity index is 0.000000587. The highest BCUT2D eigenvalue weighted by Crippen LogP contribution is 2.32. The minimum absolute atomic E-state index is 0.0258. The first-order chi connectivity index (χ1) is 19.2. The summed E-state index contributed by atoms with van der Waals surface area (Å²) in [5.74, 6) is -4.13. The maximum Gasteiger partial charge on any atom is 0.490 e. The molecule has 0 aliphatic carbocycles. The first-order valence-corrected chi connectivity index (χ1v) is 12.8. The van der Waals surface area contributed by atoms with Crippen LogP contribution in [0.3, 0.4) is 0 Å². The molecule has 0 saturated carbocycles. The normalized spacial score (nSPS) is 19.4. The second-order valence-corrected chi connectivity index (χ2v) is 9.85. The summed E-state index contributed by atoms with van der Waals surface area (Å²) >= 11 is 5.90. The number of hydrogen-bond donors (Lipinski definition) is 4. The van der Waals surface area contributed by atoms with Gasteiger partial charge in [-0.15, -0.1) is 0 Å². The van der Waals surface area contributed by atoms with E-state index >= 15 is 0 Å². The fourth-order valence-corrected chi connectivity index (χ4v) is 4.60. The van der Waals surface area contributed by atoms with Crippen molar-refractivity contribution in [3.05, 3.63) is 58.9 Å². The van der Waals surface area contributed by atoms with Crippen LogP contribution >= 0.6 is 11.6 Å². The molecule has 4 N–H and O–H groups in total. The summed E-state index contributed by atoms with van der Waals surface area (Å²) in [7, 11) is 0. The molecule has 0 radical (unpaired) electrons. The van der Waals surface area contributed by atoms with E-state index in [1.165, 1.54) is 18.2 Å². The summed E-state index contributed by atoms with van der Waals surface area (Å²) < 4.78 is 50.9. The Morgan fingerprint density at radius 3 is 2.20 bits per heavy atom. The molecular formula is C26H28ClF4N3O7. The second-order valence-electron chi connectivity index (χ2n) is 9.42. The van der Waals surface area contributed by atoms with Crippen molar-refractivity contribution in [2.24, 2.45) is 0 Å². The molecule has 2 aliphatic rings. The first kappa shape index (κ1) is 31.9. The van der Waals surface area contributed by atoms with Crippen LogP contribution in [0.1, 0.15) is 23.2 Å². The molecule has 2 aliphatic heterocycles. The fourth-order valence-electron chi connectivity index (χ4n) is 4.47. The maximum absolute atomic E-state index is 13.9. The minimum Gasteiger partial charge on any atom is -0.480 e. The van der Waals surface area contributed by atoms with Crippen LogP contribution in [-0.2, 0) is 9.59 Å². The Morgan fingerprint density at radius 1 is 1.02 bits per heavy atom. The van der Waals surface area contributed by atoms with E-state index in [1.54, 1.807) is 29.2 Å². The number of nitrogens with one attached hydrogen (secondary N) is 1. The molecule has 224 valence electrons. The number of aliphatic carboxylic acids is 2. The zero-order valence-electron chi connectivity index (χ0n) is 21.5. The van der Waals surface area contributed by atoms with E-state index < -0.39 is 36.6 Å². The standard InChI is InChI=1S/C24H27ClFN3O5.C2HF3O2/c25-16-3-1-15(2-4-16)24(33)28-9-7-18(8-10-28)27-19-12-29(13-21(19)30)20-11-17(26)5-6-22(20)34-14-23(31)32;3-2(4,5)1(6)7/h1-6,11,18-19,21,27,30H,7-10,12-14H2,(H,31,32);(H,6,7)/t19?,21-;/m1./s1. The van der Waals surface area contributed by atoms with Crippen LogP contribution in [0.15, 0.2) is 42.5 Å². The number of anilines is 1. The highest BCUT2D eigenvalue weighted by molar-refractivity contribution is 6.30. The number of carbonyl (C=O) groups is 3. The molecule has 2 atom stereocenters. The van der Waals surface area contributed by atoms with Crippen LogP contribution in [0.4, 0.5) is 23.2 Å². The molecule has 2 saturated heterocycles. The van der Waals surface area contributed by atoms with Gasteiger partial charge >= 0.3 is 18.1 Å². The van der Waals surface area contributed by atoms with Gasteiger partial charge in [-0.3, -0.25) is 4.79 Å². The fraction of sp³-hybridized carbons (Fsp3) is 0.423. The maximum atomic E-state index is 13.9. The van der Waals surface area contributed by atoms with Gasteiger partial charge in [0.25, 0.3) is 5.91 Å². The molecule has 0 aromatic heterocycles. The van der Waals surface area contributed by atoms with Gasteiger partial charge in [0.15, 0.2) is 6.61 Å².